The van der Waals surface area contributed by atoms with Crippen LogP contribution in [0.2, 0.25) is 0 Å². The normalized spacial score (nSPS) is 12.4. The maximum atomic E-state index is 13.0. The summed E-state index contributed by atoms with van der Waals surface area (Å²) in [6, 6.07) is 4.51. The van der Waals surface area contributed by atoms with Crippen molar-refractivity contribution in [1.29, 1.82) is 0 Å². The van der Waals surface area contributed by atoms with Crippen molar-refractivity contribution in [2.75, 3.05) is 0 Å². The first-order valence-electron chi connectivity index (χ1n) is 4.76. The van der Waals surface area contributed by atoms with Gasteiger partial charge in [-0.1, -0.05) is 22.9 Å². The summed E-state index contributed by atoms with van der Waals surface area (Å²) in [5.41, 5.74) is 0.849. The number of rotatable bonds is 5. The van der Waals surface area contributed by atoms with E-state index in [4.69, 9.17) is 5.11 Å². The quantitative estimate of drug-likeness (QED) is 0.901. The van der Waals surface area contributed by atoms with Crippen LogP contribution >= 0.6 is 27.7 Å². The lowest BCUT2D eigenvalue weighted by Crippen LogP contribution is -2.06. The minimum Gasteiger partial charge on any atom is -0.481 e. The molecule has 0 aromatic heterocycles. The van der Waals surface area contributed by atoms with Gasteiger partial charge < -0.3 is 5.11 Å². The first kappa shape index (κ1) is 13.5. The monoisotopic (exact) mass is 306 g/mol. The average Bonchev–Trinajstić information content (AvgIpc) is 2.18. The number of carboxylic acids is 1. The number of carboxylic acid groups (broad SMARTS) is 1. The topological polar surface area (TPSA) is 37.3 Å². The second-order valence-corrected chi connectivity index (χ2v) is 5.74. The van der Waals surface area contributed by atoms with Crippen LogP contribution < -0.4 is 0 Å². The zero-order valence-electron chi connectivity index (χ0n) is 8.74. The summed E-state index contributed by atoms with van der Waals surface area (Å²) < 4.78 is 13.8. The summed E-state index contributed by atoms with van der Waals surface area (Å²) >= 11 is 4.84. The number of thioether (sulfide) groups is 1. The number of carbonyl (C=O) groups is 1. The van der Waals surface area contributed by atoms with Gasteiger partial charge in [-0.25, -0.2) is 4.39 Å². The summed E-state index contributed by atoms with van der Waals surface area (Å²) in [6.07, 6.45) is 0.123. The Morgan fingerprint density at radius 1 is 1.62 bits per heavy atom. The summed E-state index contributed by atoms with van der Waals surface area (Å²) in [6.45, 7) is 1.85. The number of hydrogen-bond acceptors (Lipinski definition) is 2. The molecule has 0 aliphatic heterocycles. The molecule has 0 amide bonds. The standard InChI is InChI=1S/C11H12BrFO2S/c1-7(4-11(14)15)16-6-8-5-9(13)2-3-10(8)12/h2-3,5,7H,4,6H2,1H3,(H,14,15). The minimum atomic E-state index is -0.807. The molecule has 2 nitrogen and oxygen atoms in total. The van der Waals surface area contributed by atoms with Crippen molar-refractivity contribution in [1.82, 2.24) is 0 Å². The van der Waals surface area contributed by atoms with Crippen molar-refractivity contribution >= 4 is 33.7 Å². The van der Waals surface area contributed by atoms with Crippen molar-refractivity contribution in [3.8, 4) is 0 Å². The zero-order chi connectivity index (χ0) is 12.1. The molecule has 0 saturated carbocycles. The Kier molecular flexibility index (Phi) is 5.28. The van der Waals surface area contributed by atoms with E-state index >= 15 is 0 Å². The van der Waals surface area contributed by atoms with E-state index in [1.54, 1.807) is 6.07 Å². The summed E-state index contributed by atoms with van der Waals surface area (Å²) in [4.78, 5) is 10.5. The van der Waals surface area contributed by atoms with Crippen molar-refractivity contribution < 1.29 is 14.3 Å². The lowest BCUT2D eigenvalue weighted by atomic mass is 10.2. The third-order valence-corrected chi connectivity index (χ3v) is 3.98. The number of benzene rings is 1. The van der Waals surface area contributed by atoms with Crippen molar-refractivity contribution in [2.24, 2.45) is 0 Å². The second-order valence-electron chi connectivity index (χ2n) is 3.46. The van der Waals surface area contributed by atoms with Crippen LogP contribution in [0.25, 0.3) is 0 Å². The first-order valence-corrected chi connectivity index (χ1v) is 6.60. The van der Waals surface area contributed by atoms with Gasteiger partial charge in [0.25, 0.3) is 0 Å². The highest BCUT2D eigenvalue weighted by atomic mass is 79.9. The molecule has 0 fully saturated rings. The van der Waals surface area contributed by atoms with Gasteiger partial charge in [0.1, 0.15) is 5.82 Å². The lowest BCUT2D eigenvalue weighted by molar-refractivity contribution is -0.136. The van der Waals surface area contributed by atoms with Crippen LogP contribution in [-0.2, 0) is 10.5 Å². The lowest BCUT2D eigenvalue weighted by Gasteiger charge is -2.09. The molecule has 0 bridgehead atoms. The van der Waals surface area contributed by atoms with Crippen molar-refractivity contribution in [3.63, 3.8) is 0 Å². The van der Waals surface area contributed by atoms with Gasteiger partial charge in [-0.3, -0.25) is 4.79 Å². The molecular formula is C11H12BrFO2S. The van der Waals surface area contributed by atoms with E-state index in [2.05, 4.69) is 15.9 Å². The van der Waals surface area contributed by atoms with E-state index in [-0.39, 0.29) is 17.5 Å². The molecule has 0 aliphatic rings. The number of aliphatic carboxylic acids is 1. The van der Waals surface area contributed by atoms with Gasteiger partial charge in [-0.2, -0.15) is 11.8 Å². The maximum Gasteiger partial charge on any atom is 0.304 e. The molecule has 16 heavy (non-hydrogen) atoms. The number of hydrogen-bond donors (Lipinski definition) is 1. The second kappa shape index (κ2) is 6.25. The third kappa shape index (κ3) is 4.53. The van der Waals surface area contributed by atoms with Gasteiger partial charge in [-0.05, 0) is 23.8 Å². The molecule has 0 radical (unpaired) electrons. The van der Waals surface area contributed by atoms with E-state index in [1.807, 2.05) is 6.92 Å². The van der Waals surface area contributed by atoms with Crippen LogP contribution in [0, 0.1) is 5.82 Å². The summed E-state index contributed by atoms with van der Waals surface area (Å²) in [7, 11) is 0. The molecule has 1 aromatic carbocycles. The van der Waals surface area contributed by atoms with Gasteiger partial charge in [0.15, 0.2) is 0 Å². The first-order chi connectivity index (χ1) is 7.49. The highest BCUT2D eigenvalue weighted by Crippen LogP contribution is 2.25. The highest BCUT2D eigenvalue weighted by molar-refractivity contribution is 9.10. The maximum absolute atomic E-state index is 13.0. The Bertz CT molecular complexity index is 384. The fourth-order valence-corrected chi connectivity index (χ4v) is 2.73. The smallest absolute Gasteiger partial charge is 0.304 e. The Morgan fingerprint density at radius 2 is 2.31 bits per heavy atom. The Balaban J connectivity index is 2.54. The molecular weight excluding hydrogens is 295 g/mol. The van der Waals surface area contributed by atoms with Crippen LogP contribution in [0.5, 0.6) is 0 Å². The molecule has 1 atom stereocenters. The molecule has 0 spiro atoms. The van der Waals surface area contributed by atoms with Gasteiger partial charge in [-0.15, -0.1) is 0 Å². The number of halogens is 2. The van der Waals surface area contributed by atoms with E-state index in [0.717, 1.165) is 10.0 Å². The van der Waals surface area contributed by atoms with E-state index in [0.29, 0.717) is 5.75 Å². The minimum absolute atomic E-state index is 0.0210. The van der Waals surface area contributed by atoms with Crippen LogP contribution in [-0.4, -0.2) is 16.3 Å². The Hall–Kier alpha value is -0.550. The predicted molar refractivity (Wildman–Crippen MR) is 67.1 cm³/mol. The van der Waals surface area contributed by atoms with Gasteiger partial charge >= 0.3 is 5.97 Å². The Morgan fingerprint density at radius 3 is 2.94 bits per heavy atom. The summed E-state index contributed by atoms with van der Waals surface area (Å²) in [5.74, 6) is -0.477. The fourth-order valence-electron chi connectivity index (χ4n) is 1.19. The molecule has 1 unspecified atom stereocenters. The van der Waals surface area contributed by atoms with Crippen molar-refractivity contribution in [3.05, 3.63) is 34.1 Å². The zero-order valence-corrected chi connectivity index (χ0v) is 11.1. The highest BCUT2D eigenvalue weighted by Gasteiger charge is 2.09. The van der Waals surface area contributed by atoms with E-state index < -0.39 is 5.97 Å². The van der Waals surface area contributed by atoms with E-state index in [9.17, 15) is 9.18 Å². The van der Waals surface area contributed by atoms with Crippen LogP contribution in [0.1, 0.15) is 18.9 Å². The fraction of sp³-hybridized carbons (Fsp3) is 0.364. The van der Waals surface area contributed by atoms with Gasteiger partial charge in [0.05, 0.1) is 6.42 Å². The molecule has 0 aliphatic carbocycles. The summed E-state index contributed by atoms with van der Waals surface area (Å²) in [5, 5.41) is 8.62. The molecule has 1 N–H and O–H groups in total. The van der Waals surface area contributed by atoms with Crippen LogP contribution in [0.15, 0.2) is 22.7 Å². The molecule has 1 aromatic rings. The Labute approximate surface area is 106 Å². The van der Waals surface area contributed by atoms with Gasteiger partial charge in [0, 0.05) is 15.5 Å². The molecule has 88 valence electrons. The van der Waals surface area contributed by atoms with E-state index in [1.165, 1.54) is 23.9 Å². The molecule has 5 heteroatoms. The molecule has 1 rings (SSSR count). The third-order valence-electron chi connectivity index (χ3n) is 1.99. The average molecular weight is 307 g/mol. The molecule has 0 heterocycles. The van der Waals surface area contributed by atoms with Gasteiger partial charge in [0.2, 0.25) is 0 Å². The van der Waals surface area contributed by atoms with Crippen molar-refractivity contribution in [2.45, 2.75) is 24.3 Å². The largest absolute Gasteiger partial charge is 0.481 e. The predicted octanol–water partition coefficient (Wildman–Crippen LogP) is 3.68. The molecule has 0 saturated heterocycles. The van der Waals surface area contributed by atoms with Crippen LogP contribution in [0.3, 0.4) is 0 Å². The van der Waals surface area contributed by atoms with Crippen LogP contribution in [0.4, 0.5) is 4.39 Å². The SMILES string of the molecule is CC(CC(=O)O)SCc1cc(F)ccc1Br.